The number of hydrogen-bond donors (Lipinski definition) is 3. The van der Waals surface area contributed by atoms with Gasteiger partial charge in [0.25, 0.3) is 0 Å². The van der Waals surface area contributed by atoms with Gasteiger partial charge in [-0.1, -0.05) is 0 Å². The standard InChI is InChI=1S/C22H21F3N8/c1-12(13-2-3-16(4-5-26)28-8-13)32-21-31-9-14(7-27)19(33-21)18-11-30-20-17(18)6-15(10-29-20)22(23,24)25/h6,9-13,16,28H,2-4,8H2,1H3,(H,29,30)(H,31,32,33). The monoisotopic (exact) mass is 454 g/mol. The van der Waals surface area contributed by atoms with Crippen LogP contribution < -0.4 is 10.6 Å². The smallest absolute Gasteiger partial charge is 0.351 e. The second kappa shape index (κ2) is 9.04. The van der Waals surface area contributed by atoms with Gasteiger partial charge in [0.05, 0.1) is 35.5 Å². The summed E-state index contributed by atoms with van der Waals surface area (Å²) in [5.74, 6) is 0.569. The van der Waals surface area contributed by atoms with Gasteiger partial charge in [-0.3, -0.25) is 0 Å². The second-order valence-corrected chi connectivity index (χ2v) is 8.13. The summed E-state index contributed by atoms with van der Waals surface area (Å²) in [5, 5.41) is 25.2. The molecule has 170 valence electrons. The molecule has 8 nitrogen and oxygen atoms in total. The molecule has 3 unspecified atom stereocenters. The van der Waals surface area contributed by atoms with E-state index in [0.29, 0.717) is 12.0 Å². The summed E-state index contributed by atoms with van der Waals surface area (Å²) in [6, 6.07) is 5.39. The van der Waals surface area contributed by atoms with Crippen LogP contribution in [0.25, 0.3) is 22.3 Å². The average Bonchev–Trinajstić information content (AvgIpc) is 3.22. The van der Waals surface area contributed by atoms with Gasteiger partial charge in [-0.25, -0.2) is 15.0 Å². The quantitative estimate of drug-likeness (QED) is 0.532. The Bertz CT molecular complexity index is 1230. The lowest BCUT2D eigenvalue weighted by molar-refractivity contribution is -0.137. The summed E-state index contributed by atoms with van der Waals surface area (Å²) in [4.78, 5) is 15.4. The van der Waals surface area contributed by atoms with Gasteiger partial charge < -0.3 is 15.6 Å². The summed E-state index contributed by atoms with van der Waals surface area (Å²) in [6.45, 7) is 2.75. The molecule has 0 aromatic carbocycles. The number of aromatic amines is 1. The van der Waals surface area contributed by atoms with Crippen LogP contribution in [0.3, 0.4) is 0 Å². The maximum absolute atomic E-state index is 13.2. The van der Waals surface area contributed by atoms with E-state index in [1.54, 1.807) is 0 Å². The molecule has 0 saturated carbocycles. The van der Waals surface area contributed by atoms with Gasteiger partial charge in [-0.2, -0.15) is 23.7 Å². The molecule has 0 amide bonds. The first-order valence-corrected chi connectivity index (χ1v) is 10.5. The van der Waals surface area contributed by atoms with Crippen LogP contribution >= 0.6 is 0 Å². The fourth-order valence-corrected chi connectivity index (χ4v) is 4.06. The number of halogens is 3. The van der Waals surface area contributed by atoms with Crippen molar-refractivity contribution in [2.24, 2.45) is 5.92 Å². The lowest BCUT2D eigenvalue weighted by Gasteiger charge is -2.32. The zero-order valence-electron chi connectivity index (χ0n) is 17.7. The van der Waals surface area contributed by atoms with Crippen molar-refractivity contribution in [2.75, 3.05) is 11.9 Å². The summed E-state index contributed by atoms with van der Waals surface area (Å²) < 4.78 is 39.6. The number of piperidine rings is 1. The Morgan fingerprint density at radius 1 is 1.24 bits per heavy atom. The van der Waals surface area contributed by atoms with Gasteiger partial charge in [0.15, 0.2) is 0 Å². The van der Waals surface area contributed by atoms with E-state index >= 15 is 0 Å². The predicted octanol–water partition coefficient (Wildman–Crippen LogP) is 3.99. The molecule has 33 heavy (non-hydrogen) atoms. The summed E-state index contributed by atoms with van der Waals surface area (Å²) in [6.07, 6.45) is 1.39. The lowest BCUT2D eigenvalue weighted by atomic mass is 9.89. The topological polar surface area (TPSA) is 126 Å². The third-order valence-corrected chi connectivity index (χ3v) is 5.98. The minimum absolute atomic E-state index is 0.00258. The number of fused-ring (bicyclic) bond motifs is 1. The van der Waals surface area contributed by atoms with Gasteiger partial charge in [-0.15, -0.1) is 0 Å². The summed E-state index contributed by atoms with van der Waals surface area (Å²) >= 11 is 0. The van der Waals surface area contributed by atoms with Crippen LogP contribution in [0.1, 0.15) is 37.3 Å². The highest BCUT2D eigenvalue weighted by molar-refractivity contribution is 5.94. The zero-order valence-corrected chi connectivity index (χ0v) is 17.7. The van der Waals surface area contributed by atoms with Gasteiger partial charge in [0, 0.05) is 42.0 Å². The number of alkyl halides is 3. The Balaban J connectivity index is 1.61. The molecule has 0 aliphatic carbocycles. The fraction of sp³-hybridized carbons (Fsp3) is 0.409. The maximum Gasteiger partial charge on any atom is 0.417 e. The normalized spacial score (nSPS) is 19.6. The number of rotatable bonds is 5. The molecule has 3 aromatic rings. The molecule has 0 bridgehead atoms. The van der Waals surface area contributed by atoms with Crippen molar-refractivity contribution >= 4 is 17.0 Å². The van der Waals surface area contributed by atoms with Crippen LogP contribution in [0.2, 0.25) is 0 Å². The summed E-state index contributed by atoms with van der Waals surface area (Å²) in [7, 11) is 0. The Morgan fingerprint density at radius 3 is 2.73 bits per heavy atom. The lowest BCUT2D eigenvalue weighted by Crippen LogP contribution is -2.44. The van der Waals surface area contributed by atoms with Crippen molar-refractivity contribution in [2.45, 2.75) is 44.4 Å². The van der Waals surface area contributed by atoms with Crippen molar-refractivity contribution < 1.29 is 13.2 Å². The van der Waals surface area contributed by atoms with Gasteiger partial charge in [-0.05, 0) is 31.7 Å². The number of nitrogens with one attached hydrogen (secondary N) is 3. The van der Waals surface area contributed by atoms with E-state index in [9.17, 15) is 18.4 Å². The Labute approximate surface area is 187 Å². The Kier molecular flexibility index (Phi) is 6.16. The van der Waals surface area contributed by atoms with Crippen molar-refractivity contribution in [3.05, 3.63) is 35.8 Å². The molecular weight excluding hydrogens is 433 g/mol. The first-order chi connectivity index (χ1) is 15.8. The van der Waals surface area contributed by atoms with Crippen LogP contribution in [0.15, 0.2) is 24.7 Å². The molecule has 1 aliphatic heterocycles. The van der Waals surface area contributed by atoms with Crippen LogP contribution in [0.5, 0.6) is 0 Å². The molecule has 0 spiro atoms. The highest BCUT2D eigenvalue weighted by atomic mass is 19.4. The molecule has 3 atom stereocenters. The largest absolute Gasteiger partial charge is 0.417 e. The molecule has 1 saturated heterocycles. The number of nitriles is 2. The van der Waals surface area contributed by atoms with Gasteiger partial charge in [0.2, 0.25) is 5.95 Å². The molecule has 1 fully saturated rings. The average molecular weight is 454 g/mol. The molecule has 0 radical (unpaired) electrons. The highest BCUT2D eigenvalue weighted by Gasteiger charge is 2.32. The Morgan fingerprint density at radius 2 is 2.06 bits per heavy atom. The van der Waals surface area contributed by atoms with Crippen molar-refractivity contribution in [1.82, 2.24) is 25.3 Å². The van der Waals surface area contributed by atoms with E-state index < -0.39 is 11.7 Å². The van der Waals surface area contributed by atoms with E-state index in [1.807, 2.05) is 13.0 Å². The van der Waals surface area contributed by atoms with Crippen LogP contribution in [-0.4, -0.2) is 38.6 Å². The molecule has 3 N–H and O–H groups in total. The first-order valence-electron chi connectivity index (χ1n) is 10.5. The molecule has 3 aromatic heterocycles. The number of hydrogen-bond acceptors (Lipinski definition) is 7. The Hall–Kier alpha value is -3.70. The maximum atomic E-state index is 13.2. The number of H-pyrrole nitrogens is 1. The van der Waals surface area contributed by atoms with Crippen molar-refractivity contribution in [1.29, 1.82) is 10.5 Å². The SMILES string of the molecule is CC(Nc1ncc(C#N)c(-c2c[nH]c3ncc(C(F)(F)F)cc23)n1)C1CCC(CC#N)NC1. The fourth-order valence-electron chi connectivity index (χ4n) is 4.06. The highest BCUT2D eigenvalue weighted by Crippen LogP contribution is 2.35. The van der Waals surface area contributed by atoms with Gasteiger partial charge >= 0.3 is 6.18 Å². The van der Waals surface area contributed by atoms with Gasteiger partial charge in [0.1, 0.15) is 11.7 Å². The van der Waals surface area contributed by atoms with E-state index in [4.69, 9.17) is 5.26 Å². The van der Waals surface area contributed by atoms with Crippen LogP contribution in [0, 0.1) is 28.6 Å². The predicted molar refractivity (Wildman–Crippen MR) is 115 cm³/mol. The van der Waals surface area contributed by atoms with E-state index in [2.05, 4.69) is 36.6 Å². The van der Waals surface area contributed by atoms with Crippen LogP contribution in [-0.2, 0) is 6.18 Å². The van der Waals surface area contributed by atoms with E-state index in [-0.39, 0.29) is 46.2 Å². The zero-order chi connectivity index (χ0) is 23.6. The third-order valence-electron chi connectivity index (χ3n) is 5.98. The molecular formula is C22H21F3N8. The van der Waals surface area contributed by atoms with Crippen molar-refractivity contribution in [3.63, 3.8) is 0 Å². The molecule has 4 heterocycles. The first kappa shape index (κ1) is 22.5. The number of aromatic nitrogens is 4. The minimum Gasteiger partial charge on any atom is -0.351 e. The van der Waals surface area contributed by atoms with E-state index in [0.717, 1.165) is 31.6 Å². The summed E-state index contributed by atoms with van der Waals surface area (Å²) in [5.41, 5.74) is 0.103. The number of pyridine rings is 1. The molecule has 1 aliphatic rings. The molecule has 11 heteroatoms. The molecule has 4 rings (SSSR count). The number of nitrogens with zero attached hydrogens (tertiary/aromatic N) is 5. The second-order valence-electron chi connectivity index (χ2n) is 8.13. The van der Waals surface area contributed by atoms with Crippen LogP contribution in [0.4, 0.5) is 19.1 Å². The number of anilines is 1. The minimum atomic E-state index is -4.54. The van der Waals surface area contributed by atoms with E-state index in [1.165, 1.54) is 12.4 Å². The third kappa shape index (κ3) is 4.73. The van der Waals surface area contributed by atoms with Crippen molar-refractivity contribution in [3.8, 4) is 23.4 Å².